The van der Waals surface area contributed by atoms with E-state index in [-0.39, 0.29) is 0 Å². The lowest BCUT2D eigenvalue weighted by Gasteiger charge is -1.97. The fourth-order valence-electron chi connectivity index (χ4n) is 1.62. The summed E-state index contributed by atoms with van der Waals surface area (Å²) in [4.78, 5) is 5.06. The summed E-state index contributed by atoms with van der Waals surface area (Å²) in [7, 11) is 0. The van der Waals surface area contributed by atoms with Gasteiger partial charge in [0.2, 0.25) is 0 Å². The number of hydrogen-bond acceptors (Lipinski definition) is 3. The first-order valence-electron chi connectivity index (χ1n) is 4.27. The van der Waals surface area contributed by atoms with Gasteiger partial charge in [-0.15, -0.1) is 5.10 Å². The largest absolute Gasteiger partial charge is 0.411 e. The fourth-order valence-corrected chi connectivity index (χ4v) is 1.62. The van der Waals surface area contributed by atoms with Crippen molar-refractivity contribution in [2.45, 2.75) is 0 Å². The molecule has 3 rings (SSSR count). The second-order valence-corrected chi connectivity index (χ2v) is 3.11. The molecule has 0 amide bonds. The summed E-state index contributed by atoms with van der Waals surface area (Å²) in [6.45, 7) is 0. The molecular formula is C10H7N3O. The zero-order valence-electron chi connectivity index (χ0n) is 7.25. The van der Waals surface area contributed by atoms with E-state index in [9.17, 15) is 5.21 Å². The molecule has 0 atom stereocenters. The molecule has 4 nitrogen and oxygen atoms in total. The van der Waals surface area contributed by atoms with Crippen LogP contribution in [0.5, 0.6) is 0 Å². The van der Waals surface area contributed by atoms with E-state index in [4.69, 9.17) is 0 Å². The Morgan fingerprint density at radius 1 is 1.07 bits per heavy atom. The Morgan fingerprint density at radius 2 is 1.93 bits per heavy atom. The normalized spacial score (nSPS) is 11.1. The Labute approximate surface area is 79.4 Å². The van der Waals surface area contributed by atoms with Gasteiger partial charge in [0.1, 0.15) is 5.52 Å². The first-order chi connectivity index (χ1) is 6.86. The molecule has 68 valence electrons. The van der Waals surface area contributed by atoms with Crippen molar-refractivity contribution in [2.75, 3.05) is 0 Å². The summed E-state index contributed by atoms with van der Waals surface area (Å²) in [6, 6.07) is 7.78. The van der Waals surface area contributed by atoms with Crippen molar-refractivity contribution in [3.8, 4) is 0 Å². The number of rotatable bonds is 0. The van der Waals surface area contributed by atoms with Crippen LogP contribution in [-0.4, -0.2) is 20.1 Å². The van der Waals surface area contributed by atoms with Crippen molar-refractivity contribution < 1.29 is 5.21 Å². The second kappa shape index (κ2) is 2.45. The molecule has 2 aromatic heterocycles. The lowest BCUT2D eigenvalue weighted by Crippen LogP contribution is -1.91. The summed E-state index contributed by atoms with van der Waals surface area (Å²) in [5.74, 6) is 0. The number of aromatic nitrogens is 3. The molecule has 1 N–H and O–H groups in total. The topological polar surface area (TPSA) is 50.9 Å². The van der Waals surface area contributed by atoms with Gasteiger partial charge in [-0.2, -0.15) is 0 Å². The molecule has 4 heteroatoms. The minimum atomic E-state index is 0.628. The quantitative estimate of drug-likeness (QED) is 0.543. The van der Waals surface area contributed by atoms with E-state index < -0.39 is 0 Å². The first-order valence-corrected chi connectivity index (χ1v) is 4.27. The summed E-state index contributed by atoms with van der Waals surface area (Å²) < 4.78 is 0. The van der Waals surface area contributed by atoms with Gasteiger partial charge in [0, 0.05) is 10.8 Å². The van der Waals surface area contributed by atoms with Crippen molar-refractivity contribution in [3.63, 3.8) is 0 Å². The van der Waals surface area contributed by atoms with E-state index in [0.29, 0.717) is 5.52 Å². The zero-order valence-corrected chi connectivity index (χ0v) is 7.25. The Balaban J connectivity index is 2.61. The summed E-state index contributed by atoms with van der Waals surface area (Å²) in [6.07, 6.45) is 3.25. The summed E-state index contributed by atoms with van der Waals surface area (Å²) >= 11 is 0. The van der Waals surface area contributed by atoms with Crippen molar-refractivity contribution in [1.82, 2.24) is 14.9 Å². The van der Waals surface area contributed by atoms with Crippen LogP contribution in [0.1, 0.15) is 0 Å². The van der Waals surface area contributed by atoms with Gasteiger partial charge >= 0.3 is 0 Å². The molecule has 2 heterocycles. The van der Waals surface area contributed by atoms with Gasteiger partial charge in [0.15, 0.2) is 0 Å². The molecule has 0 spiro atoms. The molecule has 0 aliphatic rings. The van der Waals surface area contributed by atoms with E-state index in [1.165, 1.54) is 0 Å². The van der Waals surface area contributed by atoms with Gasteiger partial charge in [0.05, 0.1) is 17.9 Å². The lowest BCUT2D eigenvalue weighted by molar-refractivity contribution is 0.161. The van der Waals surface area contributed by atoms with E-state index in [1.807, 2.05) is 24.3 Å². The Kier molecular flexibility index (Phi) is 1.28. The summed E-state index contributed by atoms with van der Waals surface area (Å²) in [5.41, 5.74) is 1.54. The molecule has 0 saturated carbocycles. The number of para-hydroxylation sites is 1. The fraction of sp³-hybridized carbons (Fsp3) is 0. The average molecular weight is 185 g/mol. The maximum atomic E-state index is 9.34. The Morgan fingerprint density at radius 3 is 2.86 bits per heavy atom. The van der Waals surface area contributed by atoms with Gasteiger partial charge in [0.25, 0.3) is 0 Å². The lowest BCUT2D eigenvalue weighted by atomic mass is 10.1. The predicted octanol–water partition coefficient (Wildman–Crippen LogP) is 1.82. The molecule has 0 unspecified atom stereocenters. The van der Waals surface area contributed by atoms with Gasteiger partial charge in [-0.25, -0.2) is 0 Å². The maximum Gasteiger partial charge on any atom is 0.129 e. The van der Waals surface area contributed by atoms with Gasteiger partial charge in [-0.3, -0.25) is 4.98 Å². The summed E-state index contributed by atoms with van der Waals surface area (Å²) in [5, 5.41) is 15.0. The molecule has 0 radical (unpaired) electrons. The predicted molar refractivity (Wildman–Crippen MR) is 52.2 cm³/mol. The van der Waals surface area contributed by atoms with E-state index >= 15 is 0 Å². The van der Waals surface area contributed by atoms with Crippen molar-refractivity contribution in [2.24, 2.45) is 0 Å². The monoisotopic (exact) mass is 185 g/mol. The van der Waals surface area contributed by atoms with Crippen LogP contribution >= 0.6 is 0 Å². The number of nitrogens with zero attached hydrogens (tertiary/aromatic N) is 3. The third-order valence-corrected chi connectivity index (χ3v) is 2.31. The number of fused-ring (bicyclic) bond motifs is 3. The molecular weight excluding hydrogens is 178 g/mol. The number of benzene rings is 1. The first kappa shape index (κ1) is 7.32. The van der Waals surface area contributed by atoms with Crippen LogP contribution in [0.25, 0.3) is 21.8 Å². The minimum Gasteiger partial charge on any atom is -0.411 e. The highest BCUT2D eigenvalue weighted by molar-refractivity contribution is 6.03. The molecule has 0 aliphatic heterocycles. The van der Waals surface area contributed by atoms with E-state index in [2.05, 4.69) is 10.1 Å². The minimum absolute atomic E-state index is 0.628. The molecule has 0 aliphatic carbocycles. The highest BCUT2D eigenvalue weighted by Crippen LogP contribution is 2.21. The molecule has 1 aromatic carbocycles. The smallest absolute Gasteiger partial charge is 0.129 e. The standard InChI is InChI=1S/C10H7N3O/c14-13-10-6-11-9-4-2-1-3-7(9)8(10)5-12-13/h1-6,14H. The molecule has 3 aromatic rings. The van der Waals surface area contributed by atoms with Crippen LogP contribution in [0, 0.1) is 0 Å². The molecule has 14 heavy (non-hydrogen) atoms. The molecule has 0 saturated heterocycles. The van der Waals surface area contributed by atoms with Crippen LogP contribution in [0.4, 0.5) is 0 Å². The molecule has 0 bridgehead atoms. The van der Waals surface area contributed by atoms with Crippen LogP contribution in [-0.2, 0) is 0 Å². The van der Waals surface area contributed by atoms with E-state index in [0.717, 1.165) is 21.1 Å². The number of pyridine rings is 1. The Hall–Kier alpha value is -2.10. The SMILES string of the molecule is On1ncc2c3ccccc3ncc21. The van der Waals surface area contributed by atoms with Crippen LogP contribution in [0.2, 0.25) is 0 Å². The molecule has 0 fully saturated rings. The van der Waals surface area contributed by atoms with Gasteiger partial charge < -0.3 is 5.21 Å². The van der Waals surface area contributed by atoms with Crippen LogP contribution in [0.3, 0.4) is 0 Å². The third kappa shape index (κ3) is 0.821. The van der Waals surface area contributed by atoms with Crippen LogP contribution in [0.15, 0.2) is 36.7 Å². The van der Waals surface area contributed by atoms with Crippen molar-refractivity contribution in [1.29, 1.82) is 0 Å². The van der Waals surface area contributed by atoms with Crippen molar-refractivity contribution >= 4 is 21.8 Å². The van der Waals surface area contributed by atoms with Gasteiger partial charge in [-0.1, -0.05) is 23.0 Å². The number of hydrogen-bond donors (Lipinski definition) is 1. The van der Waals surface area contributed by atoms with Gasteiger partial charge in [-0.05, 0) is 6.07 Å². The van der Waals surface area contributed by atoms with E-state index in [1.54, 1.807) is 12.4 Å². The second-order valence-electron chi connectivity index (χ2n) is 3.11. The zero-order chi connectivity index (χ0) is 9.54. The third-order valence-electron chi connectivity index (χ3n) is 2.31. The van der Waals surface area contributed by atoms with Crippen molar-refractivity contribution in [3.05, 3.63) is 36.7 Å². The Bertz CT molecular complexity index is 615. The van der Waals surface area contributed by atoms with Crippen LogP contribution < -0.4 is 0 Å². The maximum absolute atomic E-state index is 9.34. The highest BCUT2D eigenvalue weighted by Gasteiger charge is 2.05. The highest BCUT2D eigenvalue weighted by atomic mass is 16.5. The average Bonchev–Trinajstić information content (AvgIpc) is 2.61.